The zero-order valence-electron chi connectivity index (χ0n) is 8.33. The highest BCUT2D eigenvalue weighted by Gasteiger charge is 2.43. The number of cyclic esters (lactones) is 2. The normalized spacial score (nSPS) is 33.8. The molecule has 1 saturated heterocycles. The lowest BCUT2D eigenvalue weighted by atomic mass is 9.94. The molecule has 1 rings (SSSR count). The summed E-state index contributed by atoms with van der Waals surface area (Å²) in [6, 6.07) is 0. The molecular formula is C9H16O4. The Morgan fingerprint density at radius 3 is 2.77 bits per heavy atom. The topological polar surface area (TPSA) is 44.8 Å². The van der Waals surface area contributed by atoms with Crippen molar-refractivity contribution in [2.24, 2.45) is 0 Å². The fourth-order valence-corrected chi connectivity index (χ4v) is 1.52. The van der Waals surface area contributed by atoms with Gasteiger partial charge in [0.2, 0.25) is 0 Å². The van der Waals surface area contributed by atoms with Crippen LogP contribution in [0.2, 0.25) is 0 Å². The van der Waals surface area contributed by atoms with Crippen molar-refractivity contribution in [1.82, 2.24) is 0 Å². The Labute approximate surface area is 78.2 Å². The zero-order chi connectivity index (χ0) is 9.90. The fraction of sp³-hybridized carbons (Fsp3) is 0.889. The van der Waals surface area contributed by atoms with E-state index in [4.69, 9.17) is 14.2 Å². The summed E-state index contributed by atoms with van der Waals surface area (Å²) in [4.78, 5) is 10.8. The highest BCUT2D eigenvalue weighted by atomic mass is 16.8. The van der Waals surface area contributed by atoms with Crippen LogP contribution in [0.5, 0.6) is 0 Å². The van der Waals surface area contributed by atoms with Gasteiger partial charge in [0.05, 0.1) is 0 Å². The first kappa shape index (κ1) is 10.3. The highest BCUT2D eigenvalue weighted by molar-refractivity contribution is 5.61. The van der Waals surface area contributed by atoms with Crippen LogP contribution in [0.15, 0.2) is 0 Å². The van der Waals surface area contributed by atoms with Gasteiger partial charge in [0, 0.05) is 6.61 Å². The van der Waals surface area contributed by atoms with E-state index in [0.717, 1.165) is 6.42 Å². The van der Waals surface area contributed by atoms with Crippen molar-refractivity contribution in [2.75, 3.05) is 13.2 Å². The van der Waals surface area contributed by atoms with E-state index in [-0.39, 0.29) is 12.7 Å². The van der Waals surface area contributed by atoms with E-state index in [1.807, 2.05) is 20.8 Å². The van der Waals surface area contributed by atoms with Gasteiger partial charge in [-0.15, -0.1) is 0 Å². The van der Waals surface area contributed by atoms with Gasteiger partial charge < -0.3 is 14.2 Å². The zero-order valence-corrected chi connectivity index (χ0v) is 8.33. The van der Waals surface area contributed by atoms with Crippen molar-refractivity contribution in [3.05, 3.63) is 0 Å². The lowest BCUT2D eigenvalue weighted by molar-refractivity contribution is -0.184. The quantitative estimate of drug-likeness (QED) is 0.633. The molecule has 1 aliphatic heterocycles. The lowest BCUT2D eigenvalue weighted by Crippen LogP contribution is -2.53. The first-order valence-electron chi connectivity index (χ1n) is 4.62. The molecule has 0 aromatic carbocycles. The second-order valence-corrected chi connectivity index (χ2v) is 3.15. The molecule has 2 atom stereocenters. The maximum Gasteiger partial charge on any atom is 0.508 e. The first-order chi connectivity index (χ1) is 6.14. The van der Waals surface area contributed by atoms with Gasteiger partial charge in [-0.1, -0.05) is 6.92 Å². The van der Waals surface area contributed by atoms with Crippen molar-refractivity contribution in [3.8, 4) is 0 Å². The summed E-state index contributed by atoms with van der Waals surface area (Å²) in [6.45, 7) is 6.63. The molecule has 0 aromatic heterocycles. The van der Waals surface area contributed by atoms with Crippen LogP contribution in [-0.2, 0) is 14.2 Å². The van der Waals surface area contributed by atoms with E-state index in [0.29, 0.717) is 6.61 Å². The molecule has 0 radical (unpaired) electrons. The van der Waals surface area contributed by atoms with E-state index in [1.165, 1.54) is 0 Å². The lowest BCUT2D eigenvalue weighted by Gasteiger charge is -2.39. The van der Waals surface area contributed by atoms with Crippen LogP contribution in [0.3, 0.4) is 0 Å². The second kappa shape index (κ2) is 3.96. The van der Waals surface area contributed by atoms with E-state index >= 15 is 0 Å². The minimum absolute atomic E-state index is 0.237. The van der Waals surface area contributed by atoms with Gasteiger partial charge in [-0.2, -0.15) is 0 Å². The van der Waals surface area contributed by atoms with Crippen molar-refractivity contribution < 1.29 is 19.0 Å². The van der Waals surface area contributed by atoms with Crippen LogP contribution in [-0.4, -0.2) is 31.1 Å². The third-order valence-corrected chi connectivity index (χ3v) is 2.48. The Bertz CT molecular complexity index is 192. The molecule has 0 amide bonds. The van der Waals surface area contributed by atoms with E-state index in [2.05, 4.69) is 0 Å². The molecule has 0 N–H and O–H groups in total. The number of rotatable bonds is 3. The molecule has 0 aromatic rings. The summed E-state index contributed by atoms with van der Waals surface area (Å²) >= 11 is 0. The smallest absolute Gasteiger partial charge is 0.431 e. The number of carbonyl (C=O) groups is 1. The molecule has 0 bridgehead atoms. The summed E-state index contributed by atoms with van der Waals surface area (Å²) in [6.07, 6.45) is -0.0649. The number of hydrogen-bond acceptors (Lipinski definition) is 4. The van der Waals surface area contributed by atoms with Crippen molar-refractivity contribution in [2.45, 2.75) is 38.9 Å². The number of ether oxygens (including phenoxy) is 3. The molecule has 1 heterocycles. The van der Waals surface area contributed by atoms with Gasteiger partial charge in [-0.25, -0.2) is 4.79 Å². The van der Waals surface area contributed by atoms with Crippen molar-refractivity contribution in [3.63, 3.8) is 0 Å². The molecule has 1 aliphatic rings. The monoisotopic (exact) mass is 188 g/mol. The van der Waals surface area contributed by atoms with Gasteiger partial charge >= 0.3 is 6.16 Å². The molecule has 0 spiro atoms. The molecule has 1 fully saturated rings. The molecule has 76 valence electrons. The summed E-state index contributed by atoms with van der Waals surface area (Å²) in [7, 11) is 0. The summed E-state index contributed by atoms with van der Waals surface area (Å²) in [5.41, 5.74) is -0.456. The number of hydrogen-bond donors (Lipinski definition) is 0. The average Bonchev–Trinajstić information content (AvgIpc) is 2.11. The standard InChI is InChI=1S/C9H16O4/c1-4-9(12-5-2)6-11-8(10)13-7(9)3/h7H,4-6H2,1-3H3. The predicted octanol–water partition coefficient (Wildman–Crippen LogP) is 1.73. The van der Waals surface area contributed by atoms with Crippen LogP contribution in [0.4, 0.5) is 4.79 Å². The first-order valence-corrected chi connectivity index (χ1v) is 4.62. The van der Waals surface area contributed by atoms with Crippen LogP contribution < -0.4 is 0 Å². The Balaban J connectivity index is 2.68. The molecule has 0 saturated carbocycles. The predicted molar refractivity (Wildman–Crippen MR) is 46.5 cm³/mol. The molecule has 4 heteroatoms. The van der Waals surface area contributed by atoms with Gasteiger partial charge in [-0.05, 0) is 20.3 Å². The molecular weight excluding hydrogens is 172 g/mol. The summed E-state index contributed by atoms with van der Waals surface area (Å²) in [5.74, 6) is 0. The Morgan fingerprint density at radius 2 is 2.31 bits per heavy atom. The molecule has 4 nitrogen and oxygen atoms in total. The summed E-state index contributed by atoms with van der Waals surface area (Å²) < 4.78 is 15.4. The Hall–Kier alpha value is -0.770. The summed E-state index contributed by atoms with van der Waals surface area (Å²) in [5, 5.41) is 0. The third-order valence-electron chi connectivity index (χ3n) is 2.48. The molecule has 13 heavy (non-hydrogen) atoms. The van der Waals surface area contributed by atoms with E-state index in [9.17, 15) is 4.79 Å². The van der Waals surface area contributed by atoms with Crippen LogP contribution >= 0.6 is 0 Å². The SMILES string of the molecule is CCOC1(CC)COC(=O)OC1C. The maximum absolute atomic E-state index is 10.8. The minimum Gasteiger partial charge on any atom is -0.431 e. The minimum atomic E-state index is -0.601. The second-order valence-electron chi connectivity index (χ2n) is 3.15. The van der Waals surface area contributed by atoms with E-state index < -0.39 is 11.8 Å². The maximum atomic E-state index is 10.8. The Kier molecular flexibility index (Phi) is 3.14. The Morgan fingerprint density at radius 1 is 1.62 bits per heavy atom. The van der Waals surface area contributed by atoms with Crippen LogP contribution in [0.25, 0.3) is 0 Å². The molecule has 0 aliphatic carbocycles. The highest BCUT2D eigenvalue weighted by Crippen LogP contribution is 2.27. The third kappa shape index (κ3) is 1.94. The van der Waals surface area contributed by atoms with Crippen molar-refractivity contribution >= 4 is 6.16 Å². The van der Waals surface area contributed by atoms with Crippen LogP contribution in [0.1, 0.15) is 27.2 Å². The van der Waals surface area contributed by atoms with Gasteiger partial charge in [0.25, 0.3) is 0 Å². The molecule has 2 unspecified atom stereocenters. The largest absolute Gasteiger partial charge is 0.508 e. The van der Waals surface area contributed by atoms with Crippen LogP contribution in [0, 0.1) is 0 Å². The fourth-order valence-electron chi connectivity index (χ4n) is 1.52. The van der Waals surface area contributed by atoms with E-state index in [1.54, 1.807) is 0 Å². The average molecular weight is 188 g/mol. The van der Waals surface area contributed by atoms with Crippen molar-refractivity contribution in [1.29, 1.82) is 0 Å². The van der Waals surface area contributed by atoms with Gasteiger partial charge in [0.1, 0.15) is 18.3 Å². The number of carbonyl (C=O) groups excluding carboxylic acids is 1. The van der Waals surface area contributed by atoms with Gasteiger partial charge in [-0.3, -0.25) is 0 Å². The van der Waals surface area contributed by atoms with Gasteiger partial charge in [0.15, 0.2) is 0 Å².